The van der Waals surface area contributed by atoms with Crippen LogP contribution in [0.2, 0.25) is 0 Å². The smallest absolute Gasteiger partial charge is 0.245 e. The van der Waals surface area contributed by atoms with E-state index in [0.717, 1.165) is 44.5 Å². The highest BCUT2D eigenvalue weighted by atomic mass is 16.2. The SMILES string of the molecule is CCCCc1cn(C2CCN(C(=O)C(C)n3ccnc3)CC2)nn1. The first-order valence-corrected chi connectivity index (χ1v) is 8.86. The van der Waals surface area contributed by atoms with E-state index in [-0.39, 0.29) is 11.9 Å². The molecule has 0 aromatic carbocycles. The van der Waals surface area contributed by atoms with Crippen molar-refractivity contribution in [3.63, 3.8) is 0 Å². The molecule has 1 fully saturated rings. The molecule has 3 rings (SSSR count). The fourth-order valence-electron chi connectivity index (χ4n) is 3.21. The molecule has 1 amide bonds. The van der Waals surface area contributed by atoms with Crippen LogP contribution in [0.25, 0.3) is 0 Å². The zero-order valence-corrected chi connectivity index (χ0v) is 14.5. The topological polar surface area (TPSA) is 68.8 Å². The van der Waals surface area contributed by atoms with Crippen molar-refractivity contribution in [1.82, 2.24) is 29.4 Å². The molecule has 7 nitrogen and oxygen atoms in total. The molecule has 1 aliphatic heterocycles. The van der Waals surface area contributed by atoms with Gasteiger partial charge < -0.3 is 9.47 Å². The Labute approximate surface area is 142 Å². The maximum absolute atomic E-state index is 12.6. The molecule has 0 saturated carbocycles. The van der Waals surface area contributed by atoms with Crippen molar-refractivity contribution in [1.29, 1.82) is 0 Å². The minimum Gasteiger partial charge on any atom is -0.341 e. The number of carbonyl (C=O) groups excluding carboxylic acids is 1. The van der Waals surface area contributed by atoms with Crippen LogP contribution in [0, 0.1) is 0 Å². The highest BCUT2D eigenvalue weighted by Crippen LogP contribution is 2.23. The molecular formula is C17H26N6O. The average molecular weight is 330 g/mol. The van der Waals surface area contributed by atoms with E-state index in [1.54, 1.807) is 12.5 Å². The van der Waals surface area contributed by atoms with E-state index in [2.05, 4.69) is 28.4 Å². The Kier molecular flexibility index (Phi) is 5.27. The van der Waals surface area contributed by atoms with Gasteiger partial charge in [-0.15, -0.1) is 5.10 Å². The molecule has 0 N–H and O–H groups in total. The summed E-state index contributed by atoms with van der Waals surface area (Å²) in [5, 5.41) is 8.56. The van der Waals surface area contributed by atoms with Crippen LogP contribution in [0.3, 0.4) is 0 Å². The summed E-state index contributed by atoms with van der Waals surface area (Å²) in [5.41, 5.74) is 1.07. The number of likely N-dealkylation sites (tertiary alicyclic amines) is 1. The van der Waals surface area contributed by atoms with Gasteiger partial charge in [0.25, 0.3) is 0 Å². The van der Waals surface area contributed by atoms with E-state index in [1.165, 1.54) is 6.42 Å². The van der Waals surface area contributed by atoms with Crippen molar-refractivity contribution < 1.29 is 4.79 Å². The summed E-state index contributed by atoms with van der Waals surface area (Å²) >= 11 is 0. The number of aromatic nitrogens is 5. The molecule has 24 heavy (non-hydrogen) atoms. The van der Waals surface area contributed by atoms with Crippen molar-refractivity contribution in [2.24, 2.45) is 0 Å². The van der Waals surface area contributed by atoms with Crippen LogP contribution in [0.15, 0.2) is 24.9 Å². The quantitative estimate of drug-likeness (QED) is 0.814. The number of amides is 1. The van der Waals surface area contributed by atoms with Crippen molar-refractivity contribution in [3.05, 3.63) is 30.6 Å². The fourth-order valence-corrected chi connectivity index (χ4v) is 3.21. The Morgan fingerprint density at radius 1 is 1.38 bits per heavy atom. The summed E-state index contributed by atoms with van der Waals surface area (Å²) in [4.78, 5) is 18.6. The predicted molar refractivity (Wildman–Crippen MR) is 90.4 cm³/mol. The van der Waals surface area contributed by atoms with Gasteiger partial charge in [-0.1, -0.05) is 18.6 Å². The summed E-state index contributed by atoms with van der Waals surface area (Å²) in [7, 11) is 0. The second-order valence-electron chi connectivity index (χ2n) is 6.54. The fraction of sp³-hybridized carbons (Fsp3) is 0.647. The lowest BCUT2D eigenvalue weighted by Gasteiger charge is -2.33. The number of rotatable bonds is 6. The zero-order chi connectivity index (χ0) is 16.9. The predicted octanol–water partition coefficient (Wildman–Crippen LogP) is 2.24. The van der Waals surface area contributed by atoms with Crippen molar-refractivity contribution in [2.75, 3.05) is 13.1 Å². The first-order chi connectivity index (χ1) is 11.7. The molecule has 130 valence electrons. The van der Waals surface area contributed by atoms with E-state index in [9.17, 15) is 4.79 Å². The highest BCUT2D eigenvalue weighted by molar-refractivity contribution is 5.80. The molecule has 0 aliphatic carbocycles. The van der Waals surface area contributed by atoms with E-state index >= 15 is 0 Å². The van der Waals surface area contributed by atoms with Crippen LogP contribution in [0.5, 0.6) is 0 Å². The van der Waals surface area contributed by atoms with E-state index in [1.807, 2.05) is 27.3 Å². The van der Waals surface area contributed by atoms with Crippen molar-refractivity contribution in [3.8, 4) is 0 Å². The summed E-state index contributed by atoms with van der Waals surface area (Å²) in [6, 6.07) is 0.150. The minimum absolute atomic E-state index is 0.161. The molecule has 1 atom stereocenters. The van der Waals surface area contributed by atoms with Crippen molar-refractivity contribution in [2.45, 2.75) is 58.0 Å². The number of aryl methyl sites for hydroxylation is 1. The number of nitrogens with zero attached hydrogens (tertiary/aromatic N) is 6. The Morgan fingerprint density at radius 2 is 2.17 bits per heavy atom. The normalized spacial score (nSPS) is 17.2. The largest absolute Gasteiger partial charge is 0.341 e. The lowest BCUT2D eigenvalue weighted by atomic mass is 10.0. The summed E-state index contributed by atoms with van der Waals surface area (Å²) in [6.45, 7) is 5.65. The van der Waals surface area contributed by atoms with Gasteiger partial charge >= 0.3 is 0 Å². The molecule has 0 bridgehead atoms. The molecule has 2 aromatic heterocycles. The van der Waals surface area contributed by atoms with Gasteiger partial charge in [-0.25, -0.2) is 9.67 Å². The Morgan fingerprint density at radius 3 is 2.83 bits per heavy atom. The Bertz CT molecular complexity index is 642. The molecule has 0 spiro atoms. The third kappa shape index (κ3) is 3.66. The number of hydrogen-bond acceptors (Lipinski definition) is 4. The van der Waals surface area contributed by atoms with Gasteiger partial charge in [0.1, 0.15) is 6.04 Å². The van der Waals surface area contributed by atoms with Crippen LogP contribution in [-0.2, 0) is 11.2 Å². The molecule has 3 heterocycles. The third-order valence-electron chi connectivity index (χ3n) is 4.82. The van der Waals surface area contributed by atoms with Gasteiger partial charge in [-0.05, 0) is 32.6 Å². The van der Waals surface area contributed by atoms with Gasteiger partial charge in [-0.3, -0.25) is 4.79 Å². The number of hydrogen-bond donors (Lipinski definition) is 0. The summed E-state index contributed by atoms with van der Waals surface area (Å²) in [5.74, 6) is 0.161. The molecular weight excluding hydrogens is 304 g/mol. The molecule has 1 unspecified atom stereocenters. The minimum atomic E-state index is -0.198. The first kappa shape index (κ1) is 16.7. The Balaban J connectivity index is 1.53. The molecule has 0 radical (unpaired) electrons. The second kappa shape index (κ2) is 7.59. The lowest BCUT2D eigenvalue weighted by Crippen LogP contribution is -2.42. The van der Waals surface area contributed by atoms with E-state index in [0.29, 0.717) is 6.04 Å². The molecule has 1 saturated heterocycles. The molecule has 2 aromatic rings. The third-order valence-corrected chi connectivity index (χ3v) is 4.82. The number of unbranched alkanes of at least 4 members (excludes halogenated alkanes) is 1. The number of piperidine rings is 1. The van der Waals surface area contributed by atoms with Crippen LogP contribution in [0.1, 0.15) is 57.3 Å². The molecule has 1 aliphatic rings. The summed E-state index contributed by atoms with van der Waals surface area (Å²) in [6.07, 6.45) is 12.5. The monoisotopic (exact) mass is 330 g/mol. The van der Waals surface area contributed by atoms with Gasteiger partial charge in [-0.2, -0.15) is 0 Å². The van der Waals surface area contributed by atoms with Crippen LogP contribution < -0.4 is 0 Å². The molecule has 7 heteroatoms. The number of imidazole rings is 1. The maximum Gasteiger partial charge on any atom is 0.245 e. The second-order valence-corrected chi connectivity index (χ2v) is 6.54. The van der Waals surface area contributed by atoms with E-state index < -0.39 is 0 Å². The van der Waals surface area contributed by atoms with E-state index in [4.69, 9.17) is 0 Å². The lowest BCUT2D eigenvalue weighted by molar-refractivity contribution is -0.135. The van der Waals surface area contributed by atoms with Gasteiger partial charge in [0.05, 0.1) is 18.1 Å². The van der Waals surface area contributed by atoms with Crippen LogP contribution in [0.4, 0.5) is 0 Å². The highest BCUT2D eigenvalue weighted by Gasteiger charge is 2.27. The van der Waals surface area contributed by atoms with Gasteiger partial charge in [0.15, 0.2) is 0 Å². The average Bonchev–Trinajstić information content (AvgIpc) is 3.30. The first-order valence-electron chi connectivity index (χ1n) is 8.86. The zero-order valence-electron chi connectivity index (χ0n) is 14.5. The van der Waals surface area contributed by atoms with Gasteiger partial charge in [0.2, 0.25) is 5.91 Å². The van der Waals surface area contributed by atoms with Crippen molar-refractivity contribution >= 4 is 5.91 Å². The standard InChI is InChI=1S/C17H26N6O/c1-3-4-5-15-12-23(20-19-15)16-6-9-21(10-7-16)17(24)14(2)22-11-8-18-13-22/h8,11-14,16H,3-7,9-10H2,1-2H3. The Hall–Kier alpha value is -2.18. The summed E-state index contributed by atoms with van der Waals surface area (Å²) < 4.78 is 3.85. The van der Waals surface area contributed by atoms with Crippen LogP contribution >= 0.6 is 0 Å². The maximum atomic E-state index is 12.6. The van der Waals surface area contributed by atoms with Crippen LogP contribution in [-0.4, -0.2) is 48.4 Å². The number of carbonyl (C=O) groups is 1. The van der Waals surface area contributed by atoms with Gasteiger partial charge in [0, 0.05) is 31.7 Å².